The van der Waals surface area contributed by atoms with Crippen LogP contribution in [0.25, 0.3) is 0 Å². The Bertz CT molecular complexity index is 492. The van der Waals surface area contributed by atoms with Crippen molar-refractivity contribution in [3.8, 4) is 0 Å². The van der Waals surface area contributed by atoms with Gasteiger partial charge >= 0.3 is 12.0 Å². The van der Waals surface area contributed by atoms with E-state index in [2.05, 4.69) is 17.6 Å². The normalized spacial score (nSPS) is 15.4. The lowest BCUT2D eigenvalue weighted by Gasteiger charge is -2.10. The summed E-state index contributed by atoms with van der Waals surface area (Å²) in [5.74, 6) is -0.948. The lowest BCUT2D eigenvalue weighted by atomic mass is 10.1. The van der Waals surface area contributed by atoms with Crippen molar-refractivity contribution in [3.63, 3.8) is 0 Å². The zero-order valence-corrected chi connectivity index (χ0v) is 11.6. The number of amides is 2. The molecule has 0 atom stereocenters. The van der Waals surface area contributed by atoms with E-state index in [9.17, 15) is 9.59 Å². The molecular weight excluding hydrogens is 256 g/mol. The van der Waals surface area contributed by atoms with Crippen LogP contribution in [-0.2, 0) is 6.54 Å². The zero-order valence-electron chi connectivity index (χ0n) is 11.6. The number of nitrogens with one attached hydrogen (secondary N) is 2. The van der Waals surface area contributed by atoms with Gasteiger partial charge in [-0.1, -0.05) is 19.1 Å². The molecule has 20 heavy (non-hydrogen) atoms. The van der Waals surface area contributed by atoms with Gasteiger partial charge in [-0.2, -0.15) is 0 Å². The SMILES string of the molecule is CC1(CCNC(=O)NCc2ccc(C(=O)O)cc2)CC1. The second kappa shape index (κ2) is 5.94. The predicted octanol–water partition coefficient (Wildman–Crippen LogP) is 2.37. The molecule has 3 N–H and O–H groups in total. The van der Waals surface area contributed by atoms with E-state index < -0.39 is 5.97 Å². The number of rotatable bonds is 6. The Morgan fingerprint density at radius 3 is 2.40 bits per heavy atom. The highest BCUT2D eigenvalue weighted by molar-refractivity contribution is 5.87. The number of carbonyl (C=O) groups excluding carboxylic acids is 1. The average Bonchev–Trinajstić information content (AvgIpc) is 3.15. The largest absolute Gasteiger partial charge is 0.478 e. The molecule has 2 amide bonds. The van der Waals surface area contributed by atoms with Gasteiger partial charge < -0.3 is 15.7 Å². The molecule has 1 fully saturated rings. The molecule has 1 aliphatic rings. The number of hydrogen-bond acceptors (Lipinski definition) is 2. The minimum absolute atomic E-state index is 0.184. The van der Waals surface area contributed by atoms with Gasteiger partial charge in [0.15, 0.2) is 0 Å². The van der Waals surface area contributed by atoms with Crippen molar-refractivity contribution in [2.75, 3.05) is 6.54 Å². The van der Waals surface area contributed by atoms with Crippen molar-refractivity contribution in [1.82, 2.24) is 10.6 Å². The molecular formula is C15H20N2O3. The maximum absolute atomic E-state index is 11.6. The van der Waals surface area contributed by atoms with E-state index in [1.807, 2.05) is 0 Å². The quantitative estimate of drug-likeness (QED) is 0.746. The smallest absolute Gasteiger partial charge is 0.335 e. The van der Waals surface area contributed by atoms with Gasteiger partial charge in [0.1, 0.15) is 0 Å². The first-order valence-corrected chi connectivity index (χ1v) is 6.82. The monoisotopic (exact) mass is 276 g/mol. The number of aromatic carboxylic acids is 1. The van der Waals surface area contributed by atoms with Crippen LogP contribution < -0.4 is 10.6 Å². The Balaban J connectivity index is 1.68. The summed E-state index contributed by atoms with van der Waals surface area (Å²) in [7, 11) is 0. The third-order valence-electron chi connectivity index (χ3n) is 3.77. The van der Waals surface area contributed by atoms with Crippen LogP contribution >= 0.6 is 0 Å². The maximum atomic E-state index is 11.6. The molecule has 2 rings (SSSR count). The number of hydrogen-bond donors (Lipinski definition) is 3. The van der Waals surface area contributed by atoms with Crippen molar-refractivity contribution in [2.24, 2.45) is 5.41 Å². The van der Waals surface area contributed by atoms with Crippen LogP contribution in [0.4, 0.5) is 4.79 Å². The Morgan fingerprint density at radius 2 is 1.85 bits per heavy atom. The average molecular weight is 276 g/mol. The van der Waals surface area contributed by atoms with Gasteiger partial charge in [0.2, 0.25) is 0 Å². The molecule has 5 heteroatoms. The van der Waals surface area contributed by atoms with Crippen LogP contribution in [0.15, 0.2) is 24.3 Å². The van der Waals surface area contributed by atoms with E-state index in [-0.39, 0.29) is 11.6 Å². The third-order valence-corrected chi connectivity index (χ3v) is 3.77. The van der Waals surface area contributed by atoms with Crippen LogP contribution in [0.3, 0.4) is 0 Å². The zero-order chi connectivity index (χ0) is 14.6. The minimum Gasteiger partial charge on any atom is -0.478 e. The second-order valence-corrected chi connectivity index (χ2v) is 5.67. The fourth-order valence-corrected chi connectivity index (χ4v) is 1.95. The summed E-state index contributed by atoms with van der Waals surface area (Å²) in [6, 6.07) is 6.29. The summed E-state index contributed by atoms with van der Waals surface area (Å²) in [6.45, 7) is 3.32. The Hall–Kier alpha value is -2.04. The second-order valence-electron chi connectivity index (χ2n) is 5.67. The predicted molar refractivity (Wildman–Crippen MR) is 75.6 cm³/mol. The first kappa shape index (κ1) is 14.4. The van der Waals surface area contributed by atoms with Crippen molar-refractivity contribution >= 4 is 12.0 Å². The highest BCUT2D eigenvalue weighted by Crippen LogP contribution is 2.47. The van der Waals surface area contributed by atoms with Gasteiger partial charge in [-0.3, -0.25) is 0 Å². The summed E-state index contributed by atoms with van der Waals surface area (Å²) in [5, 5.41) is 14.4. The highest BCUT2D eigenvalue weighted by Gasteiger charge is 2.36. The van der Waals surface area contributed by atoms with Gasteiger partial charge in [-0.25, -0.2) is 9.59 Å². The van der Waals surface area contributed by atoms with Crippen LogP contribution in [0, 0.1) is 5.41 Å². The molecule has 0 saturated heterocycles. The fourth-order valence-electron chi connectivity index (χ4n) is 1.95. The van der Waals surface area contributed by atoms with Crippen molar-refractivity contribution < 1.29 is 14.7 Å². The molecule has 0 aromatic heterocycles. The lowest BCUT2D eigenvalue weighted by molar-refractivity contribution is 0.0697. The molecule has 1 aromatic carbocycles. The van der Waals surface area contributed by atoms with E-state index in [4.69, 9.17) is 5.11 Å². The standard InChI is InChI=1S/C15H20N2O3/c1-15(6-7-15)8-9-16-14(20)17-10-11-2-4-12(5-3-11)13(18)19/h2-5H,6-10H2,1H3,(H,18,19)(H2,16,17,20). The number of carboxylic acid groups (broad SMARTS) is 1. The van der Waals surface area contributed by atoms with Gasteiger partial charge in [-0.15, -0.1) is 0 Å². The number of carbonyl (C=O) groups is 2. The molecule has 0 radical (unpaired) electrons. The first-order valence-electron chi connectivity index (χ1n) is 6.82. The molecule has 1 aliphatic carbocycles. The summed E-state index contributed by atoms with van der Waals surface area (Å²) in [6.07, 6.45) is 3.53. The van der Waals surface area contributed by atoms with Crippen LogP contribution in [0.2, 0.25) is 0 Å². The third kappa shape index (κ3) is 4.26. The van der Waals surface area contributed by atoms with Crippen LogP contribution in [0.1, 0.15) is 42.1 Å². The Kier molecular flexibility index (Phi) is 4.27. The molecule has 1 saturated carbocycles. The lowest BCUT2D eigenvalue weighted by Crippen LogP contribution is -2.36. The molecule has 1 aromatic rings. The van der Waals surface area contributed by atoms with Gasteiger partial charge in [0.05, 0.1) is 5.56 Å². The summed E-state index contributed by atoms with van der Waals surface area (Å²) in [5.41, 5.74) is 1.56. The topological polar surface area (TPSA) is 78.4 Å². The Labute approximate surface area is 118 Å². The van der Waals surface area contributed by atoms with E-state index >= 15 is 0 Å². The molecule has 0 aliphatic heterocycles. The molecule has 5 nitrogen and oxygen atoms in total. The number of urea groups is 1. The highest BCUT2D eigenvalue weighted by atomic mass is 16.4. The number of carboxylic acids is 1. The first-order chi connectivity index (χ1) is 9.48. The van der Waals surface area contributed by atoms with E-state index in [0.717, 1.165) is 12.0 Å². The molecule has 0 spiro atoms. The van der Waals surface area contributed by atoms with E-state index in [1.54, 1.807) is 12.1 Å². The molecule has 0 heterocycles. The fraction of sp³-hybridized carbons (Fsp3) is 0.467. The summed E-state index contributed by atoms with van der Waals surface area (Å²) < 4.78 is 0. The van der Waals surface area contributed by atoms with Crippen molar-refractivity contribution in [3.05, 3.63) is 35.4 Å². The molecule has 108 valence electrons. The van der Waals surface area contributed by atoms with E-state index in [0.29, 0.717) is 18.5 Å². The summed E-state index contributed by atoms with van der Waals surface area (Å²) >= 11 is 0. The van der Waals surface area contributed by atoms with Crippen LogP contribution in [-0.4, -0.2) is 23.7 Å². The molecule has 0 bridgehead atoms. The van der Waals surface area contributed by atoms with Crippen molar-refractivity contribution in [1.29, 1.82) is 0 Å². The Morgan fingerprint density at radius 1 is 1.20 bits per heavy atom. The van der Waals surface area contributed by atoms with Gasteiger partial charge in [-0.05, 0) is 42.4 Å². The molecule has 0 unspecified atom stereocenters. The summed E-state index contributed by atoms with van der Waals surface area (Å²) in [4.78, 5) is 22.3. The number of benzene rings is 1. The maximum Gasteiger partial charge on any atom is 0.335 e. The van der Waals surface area contributed by atoms with E-state index in [1.165, 1.54) is 25.0 Å². The minimum atomic E-state index is -0.948. The van der Waals surface area contributed by atoms with Gasteiger partial charge in [0.25, 0.3) is 0 Å². The van der Waals surface area contributed by atoms with Crippen molar-refractivity contribution in [2.45, 2.75) is 32.7 Å². The van der Waals surface area contributed by atoms with Crippen LogP contribution in [0.5, 0.6) is 0 Å². The van der Waals surface area contributed by atoms with Gasteiger partial charge in [0, 0.05) is 13.1 Å².